The Morgan fingerprint density at radius 3 is 2.18 bits per heavy atom. The van der Waals surface area contributed by atoms with Crippen molar-refractivity contribution in [3.05, 3.63) is 0 Å². The molecule has 3 rings (SSSR count). The number of hydrogen-bond donors (Lipinski definition) is 4. The number of nitrogens with zero attached hydrogens (tertiary/aromatic N) is 1. The first-order chi connectivity index (χ1) is 15.6. The number of likely N-dealkylation sites (tertiary alicyclic amines) is 1. The number of carbonyl (C=O) groups excluding carboxylic acids is 4. The van der Waals surface area contributed by atoms with Gasteiger partial charge in [0.05, 0.1) is 6.04 Å². The topological polar surface area (TPSA) is 142 Å². The first-order valence-corrected chi connectivity index (χ1v) is 12.5. The molecule has 0 radical (unpaired) electrons. The lowest BCUT2D eigenvalue weighted by molar-refractivity contribution is -0.146. The van der Waals surface area contributed by atoms with Gasteiger partial charge in [-0.05, 0) is 35.0 Å². The number of nitrogens with one attached hydrogen (secondary N) is 2. The number of carbonyl (C=O) groups is 4. The quantitative estimate of drug-likeness (QED) is 0.388. The highest BCUT2D eigenvalue weighted by Crippen LogP contribution is 2.65. The number of amides is 4. The van der Waals surface area contributed by atoms with Gasteiger partial charge in [-0.3, -0.25) is 19.2 Å². The molecule has 1 heterocycles. The lowest BCUT2D eigenvalue weighted by Crippen LogP contribution is -2.61. The predicted molar refractivity (Wildman–Crippen MR) is 127 cm³/mol. The van der Waals surface area contributed by atoms with Gasteiger partial charge in [0.25, 0.3) is 0 Å². The zero-order valence-corrected chi connectivity index (χ0v) is 21.6. The molecule has 34 heavy (non-hydrogen) atoms. The maximum Gasteiger partial charge on any atom is 0.248 e. The van der Waals surface area contributed by atoms with Crippen molar-refractivity contribution in [1.29, 1.82) is 0 Å². The minimum Gasteiger partial charge on any atom is -0.381 e. The summed E-state index contributed by atoms with van der Waals surface area (Å²) in [5.74, 6) is -1.52. The third kappa shape index (κ3) is 5.24. The van der Waals surface area contributed by atoms with E-state index in [1.165, 1.54) is 0 Å². The van der Waals surface area contributed by atoms with E-state index in [2.05, 4.69) is 24.5 Å². The Morgan fingerprint density at radius 1 is 1.12 bits per heavy atom. The van der Waals surface area contributed by atoms with E-state index < -0.39 is 35.6 Å². The summed E-state index contributed by atoms with van der Waals surface area (Å²) in [6.45, 7) is 13.8. The molecule has 9 nitrogen and oxygen atoms in total. The smallest absolute Gasteiger partial charge is 0.248 e. The van der Waals surface area contributed by atoms with Crippen molar-refractivity contribution in [3.63, 3.8) is 0 Å². The van der Waals surface area contributed by atoms with E-state index in [4.69, 9.17) is 5.73 Å². The second kappa shape index (κ2) is 9.13. The van der Waals surface area contributed by atoms with Gasteiger partial charge in [-0.25, -0.2) is 0 Å². The van der Waals surface area contributed by atoms with Gasteiger partial charge in [-0.2, -0.15) is 0 Å². The molecule has 5 N–H and O–H groups in total. The number of hydrogen-bond acceptors (Lipinski definition) is 5. The monoisotopic (exact) mass is 478 g/mol. The molecular formula is C25H42N4O5. The second-order valence-electron chi connectivity index (χ2n) is 12.5. The zero-order valence-electron chi connectivity index (χ0n) is 21.6. The lowest BCUT2D eigenvalue weighted by Gasteiger charge is -2.38. The summed E-state index contributed by atoms with van der Waals surface area (Å²) in [4.78, 5) is 53.1. The van der Waals surface area contributed by atoms with Crippen LogP contribution in [-0.2, 0) is 19.2 Å². The van der Waals surface area contributed by atoms with Crippen molar-refractivity contribution < 1.29 is 24.3 Å². The number of fused-ring (bicyclic) bond motifs is 1. The van der Waals surface area contributed by atoms with E-state index >= 15 is 0 Å². The highest BCUT2D eigenvalue weighted by Gasteiger charge is 2.69. The van der Waals surface area contributed by atoms with Crippen molar-refractivity contribution in [1.82, 2.24) is 15.5 Å². The van der Waals surface area contributed by atoms with Gasteiger partial charge in [0.2, 0.25) is 23.6 Å². The second-order valence-corrected chi connectivity index (χ2v) is 12.5. The molecular weight excluding hydrogens is 436 g/mol. The van der Waals surface area contributed by atoms with Crippen LogP contribution in [0.3, 0.4) is 0 Å². The standard InChI is InChI=1S/C25H42N4O5/c1-12(2)21(32)28-19(24(3,4)5)23(34)29-11-14-16(25(14,6)7)17(29)22(33)27-15(10-13-8-9-13)18(30)20(26)31/h12-19,30H,8-11H2,1-7H3,(H2,26,31)(H,27,33)(H,28,32)/t14?,15?,16?,17?,18?,19-/m1/s1. The van der Waals surface area contributed by atoms with Gasteiger partial charge in [0, 0.05) is 12.5 Å². The van der Waals surface area contributed by atoms with Crippen LogP contribution < -0.4 is 16.4 Å². The van der Waals surface area contributed by atoms with Gasteiger partial charge >= 0.3 is 0 Å². The summed E-state index contributed by atoms with van der Waals surface area (Å²) in [7, 11) is 0. The summed E-state index contributed by atoms with van der Waals surface area (Å²) in [5, 5.41) is 16.1. The third-order valence-electron chi connectivity index (χ3n) is 7.97. The number of rotatable bonds is 9. The Kier molecular flexibility index (Phi) is 7.10. The molecule has 5 unspecified atom stereocenters. The van der Waals surface area contributed by atoms with Crippen LogP contribution in [0.2, 0.25) is 0 Å². The van der Waals surface area contributed by atoms with Crippen LogP contribution in [0, 0.1) is 34.5 Å². The molecule has 192 valence electrons. The molecule has 0 bridgehead atoms. The molecule has 0 spiro atoms. The molecule has 1 aliphatic heterocycles. The van der Waals surface area contributed by atoms with E-state index in [-0.39, 0.29) is 40.9 Å². The van der Waals surface area contributed by atoms with Gasteiger partial charge in [-0.1, -0.05) is 61.3 Å². The molecule has 6 atom stereocenters. The van der Waals surface area contributed by atoms with Crippen molar-refractivity contribution in [2.45, 2.75) is 92.0 Å². The van der Waals surface area contributed by atoms with Crippen molar-refractivity contribution >= 4 is 23.6 Å². The largest absolute Gasteiger partial charge is 0.381 e. The fourth-order valence-electron chi connectivity index (χ4n) is 5.38. The van der Waals surface area contributed by atoms with E-state index in [1.54, 1.807) is 18.7 Å². The summed E-state index contributed by atoms with van der Waals surface area (Å²) < 4.78 is 0. The van der Waals surface area contributed by atoms with E-state index in [0.717, 1.165) is 12.8 Å². The highest BCUT2D eigenvalue weighted by atomic mass is 16.3. The minimum absolute atomic E-state index is 0.0230. The molecule has 0 aromatic carbocycles. The van der Waals surface area contributed by atoms with E-state index in [0.29, 0.717) is 18.9 Å². The minimum atomic E-state index is -1.48. The lowest BCUT2D eigenvalue weighted by atomic mass is 9.84. The Labute approximate surface area is 202 Å². The molecule has 2 saturated carbocycles. The molecule has 1 saturated heterocycles. The van der Waals surface area contributed by atoms with Crippen LogP contribution >= 0.6 is 0 Å². The average molecular weight is 479 g/mol. The van der Waals surface area contributed by atoms with E-state index in [1.807, 2.05) is 20.8 Å². The molecule has 9 heteroatoms. The SMILES string of the molecule is CC(C)C(=O)N[C@H](C(=O)N1CC2C(C1C(=O)NC(CC1CC1)C(O)C(N)=O)C2(C)C)C(C)(C)C. The van der Waals surface area contributed by atoms with Crippen LogP contribution in [0.4, 0.5) is 0 Å². The number of aliphatic hydroxyl groups is 1. The third-order valence-corrected chi connectivity index (χ3v) is 7.97. The number of nitrogens with two attached hydrogens (primary N) is 1. The van der Waals surface area contributed by atoms with Gasteiger partial charge in [0.1, 0.15) is 12.1 Å². The van der Waals surface area contributed by atoms with Crippen LogP contribution in [0.1, 0.15) is 67.7 Å². The van der Waals surface area contributed by atoms with Crippen LogP contribution in [0.25, 0.3) is 0 Å². The van der Waals surface area contributed by atoms with Crippen molar-refractivity contribution in [2.24, 2.45) is 40.2 Å². The summed E-state index contributed by atoms with van der Waals surface area (Å²) in [5.41, 5.74) is 4.68. The fraction of sp³-hybridized carbons (Fsp3) is 0.840. The zero-order chi connectivity index (χ0) is 25.7. The Hall–Kier alpha value is -2.16. The first-order valence-electron chi connectivity index (χ1n) is 12.5. The van der Waals surface area contributed by atoms with E-state index in [9.17, 15) is 24.3 Å². The molecule has 2 aliphatic carbocycles. The van der Waals surface area contributed by atoms with Crippen LogP contribution in [0.5, 0.6) is 0 Å². The Balaban J connectivity index is 1.84. The predicted octanol–water partition coefficient (Wildman–Crippen LogP) is 0.787. The van der Waals surface area contributed by atoms with Gasteiger partial charge < -0.3 is 26.4 Å². The molecule has 3 aliphatic rings. The molecule has 3 fully saturated rings. The summed E-state index contributed by atoms with van der Waals surface area (Å²) in [6, 6.07) is -2.29. The average Bonchev–Trinajstić information content (AvgIpc) is 3.56. The Morgan fingerprint density at radius 2 is 1.71 bits per heavy atom. The van der Waals surface area contributed by atoms with Gasteiger partial charge in [-0.15, -0.1) is 0 Å². The van der Waals surface area contributed by atoms with Crippen LogP contribution in [-0.4, -0.2) is 64.4 Å². The summed E-state index contributed by atoms with van der Waals surface area (Å²) >= 11 is 0. The van der Waals surface area contributed by atoms with Crippen LogP contribution in [0.15, 0.2) is 0 Å². The summed E-state index contributed by atoms with van der Waals surface area (Å²) in [6.07, 6.45) is 0.979. The maximum atomic E-state index is 13.8. The molecule has 0 aromatic heterocycles. The highest BCUT2D eigenvalue weighted by molar-refractivity contribution is 5.94. The number of piperidine rings is 1. The van der Waals surface area contributed by atoms with Crippen molar-refractivity contribution in [2.75, 3.05) is 6.54 Å². The number of aliphatic hydroxyl groups excluding tert-OH is 1. The number of primary amides is 1. The van der Waals surface area contributed by atoms with Gasteiger partial charge in [0.15, 0.2) is 6.10 Å². The normalized spacial score (nSPS) is 28.0. The molecule has 4 amide bonds. The van der Waals surface area contributed by atoms with Crippen molar-refractivity contribution in [3.8, 4) is 0 Å². The maximum absolute atomic E-state index is 13.8. The fourth-order valence-corrected chi connectivity index (χ4v) is 5.38. The first kappa shape index (κ1) is 26.4. The molecule has 0 aromatic rings. The Bertz CT molecular complexity index is 845.